The van der Waals surface area contributed by atoms with E-state index in [1.165, 1.54) is 10.6 Å². The Morgan fingerprint density at radius 2 is 1.81 bits per heavy atom. The van der Waals surface area contributed by atoms with Crippen molar-refractivity contribution < 1.29 is 4.79 Å². The van der Waals surface area contributed by atoms with E-state index in [4.69, 9.17) is 28.9 Å². The number of H-pyrrole nitrogens is 1. The number of benzene rings is 2. The van der Waals surface area contributed by atoms with E-state index in [0.29, 0.717) is 21.3 Å². The number of carbonyl (C=O) groups is 1. The number of nitrogens with one attached hydrogen (secondary N) is 1. The highest BCUT2D eigenvalue weighted by molar-refractivity contribution is 6.36. The first-order valence-corrected chi connectivity index (χ1v) is 8.54. The minimum Gasteiger partial charge on any atom is -0.364 e. The van der Waals surface area contributed by atoms with E-state index in [1.807, 2.05) is 6.07 Å². The normalized spacial score (nSPS) is 11.0. The van der Waals surface area contributed by atoms with E-state index in [9.17, 15) is 9.59 Å². The lowest BCUT2D eigenvalue weighted by atomic mass is 10.2. The molecule has 0 fully saturated rings. The van der Waals surface area contributed by atoms with Crippen LogP contribution in [0.3, 0.4) is 0 Å². The zero-order valence-electron chi connectivity index (χ0n) is 13.6. The molecule has 0 saturated carbocycles. The average Bonchev–Trinajstić information content (AvgIpc) is 2.97. The van der Waals surface area contributed by atoms with Gasteiger partial charge in [0, 0.05) is 10.6 Å². The standard InChI is InChI=1S/C18H11Cl2N5O2/c19-9-6-7-11(12(20)8-9)16-22-13(15(21)26)14-17(24-16)25(18(27)23-14)10-4-2-1-3-5-10/h1-8H,(H2,21,26)(H,23,27). The van der Waals surface area contributed by atoms with Crippen LogP contribution in [0.2, 0.25) is 10.0 Å². The molecule has 1 amide bonds. The molecule has 27 heavy (non-hydrogen) atoms. The number of aromatic amines is 1. The fraction of sp³-hybridized carbons (Fsp3) is 0. The Balaban J connectivity index is 2.08. The molecule has 4 rings (SSSR count). The molecule has 2 aromatic carbocycles. The second-order valence-corrected chi connectivity index (χ2v) is 6.53. The molecule has 3 N–H and O–H groups in total. The summed E-state index contributed by atoms with van der Waals surface area (Å²) in [5, 5.41) is 0.754. The summed E-state index contributed by atoms with van der Waals surface area (Å²) in [6.45, 7) is 0. The monoisotopic (exact) mass is 399 g/mol. The summed E-state index contributed by atoms with van der Waals surface area (Å²) in [5.74, 6) is -0.642. The maximum absolute atomic E-state index is 12.5. The Morgan fingerprint density at radius 1 is 1.07 bits per heavy atom. The highest BCUT2D eigenvalue weighted by Gasteiger charge is 2.21. The second-order valence-electron chi connectivity index (χ2n) is 5.68. The zero-order valence-corrected chi connectivity index (χ0v) is 15.1. The summed E-state index contributed by atoms with van der Waals surface area (Å²) in [6.07, 6.45) is 0. The number of rotatable bonds is 3. The van der Waals surface area contributed by atoms with Crippen LogP contribution in [0.1, 0.15) is 10.5 Å². The van der Waals surface area contributed by atoms with Gasteiger partial charge in [0.2, 0.25) is 0 Å². The van der Waals surface area contributed by atoms with Crippen LogP contribution in [0.5, 0.6) is 0 Å². The van der Waals surface area contributed by atoms with Crippen molar-refractivity contribution in [2.75, 3.05) is 0 Å². The third-order valence-electron chi connectivity index (χ3n) is 3.96. The summed E-state index contributed by atoms with van der Waals surface area (Å²) in [6, 6.07) is 13.7. The van der Waals surface area contributed by atoms with Gasteiger partial charge in [0.05, 0.1) is 10.7 Å². The molecule has 7 nitrogen and oxygen atoms in total. The van der Waals surface area contributed by atoms with Gasteiger partial charge in [-0.15, -0.1) is 0 Å². The van der Waals surface area contributed by atoms with Crippen LogP contribution in [0.15, 0.2) is 53.3 Å². The molecular weight excluding hydrogens is 389 g/mol. The lowest BCUT2D eigenvalue weighted by Crippen LogP contribution is -2.15. The van der Waals surface area contributed by atoms with Crippen LogP contribution in [0, 0.1) is 0 Å². The number of amides is 1. The fourth-order valence-corrected chi connectivity index (χ4v) is 3.26. The molecule has 0 saturated heterocycles. The number of hydrogen-bond donors (Lipinski definition) is 2. The van der Waals surface area contributed by atoms with Crippen molar-refractivity contribution in [2.24, 2.45) is 5.73 Å². The highest BCUT2D eigenvalue weighted by Crippen LogP contribution is 2.29. The maximum atomic E-state index is 12.5. The summed E-state index contributed by atoms with van der Waals surface area (Å²) < 4.78 is 1.34. The molecule has 0 atom stereocenters. The average molecular weight is 400 g/mol. The van der Waals surface area contributed by atoms with Crippen LogP contribution in [0.4, 0.5) is 0 Å². The van der Waals surface area contributed by atoms with Gasteiger partial charge in [0.15, 0.2) is 17.2 Å². The molecule has 0 unspecified atom stereocenters. The summed E-state index contributed by atoms with van der Waals surface area (Å²) in [7, 11) is 0. The van der Waals surface area contributed by atoms with E-state index >= 15 is 0 Å². The minimum absolute atomic E-state index is 0.104. The van der Waals surface area contributed by atoms with Crippen molar-refractivity contribution >= 4 is 40.3 Å². The molecule has 0 aliphatic rings. The maximum Gasteiger partial charge on any atom is 0.332 e. The molecule has 0 radical (unpaired) electrons. The Kier molecular flexibility index (Phi) is 4.18. The van der Waals surface area contributed by atoms with Gasteiger partial charge in [-0.1, -0.05) is 41.4 Å². The number of halogens is 2. The third-order valence-corrected chi connectivity index (χ3v) is 4.50. The minimum atomic E-state index is -0.796. The van der Waals surface area contributed by atoms with Gasteiger partial charge < -0.3 is 10.7 Å². The first kappa shape index (κ1) is 17.3. The predicted molar refractivity (Wildman–Crippen MR) is 103 cm³/mol. The first-order chi connectivity index (χ1) is 13.0. The number of imidazole rings is 1. The van der Waals surface area contributed by atoms with Gasteiger partial charge in [-0.25, -0.2) is 19.3 Å². The molecular formula is C18H11Cl2N5O2. The third kappa shape index (κ3) is 2.97. The Hall–Kier alpha value is -3.16. The van der Waals surface area contributed by atoms with Gasteiger partial charge >= 0.3 is 5.69 Å². The Labute approximate surface area is 162 Å². The highest BCUT2D eigenvalue weighted by atomic mass is 35.5. The summed E-state index contributed by atoms with van der Waals surface area (Å²) in [5.41, 5.74) is 6.32. The molecule has 9 heteroatoms. The van der Waals surface area contributed by atoms with Gasteiger partial charge in [-0.2, -0.15) is 0 Å². The van der Waals surface area contributed by atoms with Crippen molar-refractivity contribution in [3.63, 3.8) is 0 Å². The number of para-hydroxylation sites is 1. The summed E-state index contributed by atoms with van der Waals surface area (Å²) in [4.78, 5) is 35.7. The predicted octanol–water partition coefficient (Wildman–Crippen LogP) is 3.18. The lowest BCUT2D eigenvalue weighted by molar-refractivity contribution is 0.0997. The molecule has 4 aromatic rings. The number of fused-ring (bicyclic) bond motifs is 1. The number of carbonyl (C=O) groups excluding carboxylic acids is 1. The van der Waals surface area contributed by atoms with Crippen LogP contribution >= 0.6 is 23.2 Å². The number of nitrogens with two attached hydrogens (primary N) is 1. The zero-order chi connectivity index (χ0) is 19.1. The topological polar surface area (TPSA) is 107 Å². The largest absolute Gasteiger partial charge is 0.364 e. The smallest absolute Gasteiger partial charge is 0.332 e. The van der Waals surface area contributed by atoms with Gasteiger partial charge in [0.25, 0.3) is 5.91 Å². The number of nitrogens with zero attached hydrogens (tertiary/aromatic N) is 3. The number of hydrogen-bond acceptors (Lipinski definition) is 4. The van der Waals surface area contributed by atoms with Crippen LogP contribution in [-0.4, -0.2) is 25.4 Å². The Morgan fingerprint density at radius 3 is 2.48 bits per heavy atom. The molecule has 0 aliphatic carbocycles. The number of primary amides is 1. The van der Waals surface area contributed by atoms with E-state index < -0.39 is 11.6 Å². The Bertz CT molecular complexity index is 1250. The molecule has 134 valence electrons. The molecule has 2 heterocycles. The van der Waals surface area contributed by atoms with Crippen molar-refractivity contribution in [2.45, 2.75) is 0 Å². The van der Waals surface area contributed by atoms with Crippen LogP contribution < -0.4 is 11.4 Å². The van der Waals surface area contributed by atoms with E-state index in [-0.39, 0.29) is 22.7 Å². The van der Waals surface area contributed by atoms with Crippen molar-refractivity contribution in [1.29, 1.82) is 0 Å². The van der Waals surface area contributed by atoms with Gasteiger partial charge in [-0.05, 0) is 30.3 Å². The molecule has 2 aromatic heterocycles. The van der Waals surface area contributed by atoms with E-state index in [2.05, 4.69) is 15.0 Å². The fourth-order valence-electron chi connectivity index (χ4n) is 2.77. The van der Waals surface area contributed by atoms with Gasteiger partial charge in [-0.3, -0.25) is 4.79 Å². The number of aromatic nitrogens is 4. The van der Waals surface area contributed by atoms with Crippen molar-refractivity contribution in [1.82, 2.24) is 19.5 Å². The molecule has 0 aliphatic heterocycles. The van der Waals surface area contributed by atoms with E-state index in [0.717, 1.165) is 0 Å². The summed E-state index contributed by atoms with van der Waals surface area (Å²) >= 11 is 12.2. The van der Waals surface area contributed by atoms with Crippen molar-refractivity contribution in [3.8, 4) is 17.1 Å². The van der Waals surface area contributed by atoms with Crippen molar-refractivity contribution in [3.05, 3.63) is 74.8 Å². The second kappa shape index (κ2) is 6.53. The van der Waals surface area contributed by atoms with Crippen LogP contribution in [-0.2, 0) is 0 Å². The molecule has 0 spiro atoms. The van der Waals surface area contributed by atoms with Crippen LogP contribution in [0.25, 0.3) is 28.2 Å². The quantitative estimate of drug-likeness (QED) is 0.551. The first-order valence-electron chi connectivity index (χ1n) is 7.79. The lowest BCUT2D eigenvalue weighted by Gasteiger charge is -2.08. The van der Waals surface area contributed by atoms with Gasteiger partial charge in [0.1, 0.15) is 5.52 Å². The SMILES string of the molecule is NC(=O)c1nc(-c2ccc(Cl)cc2Cl)nc2c1[nH]c(=O)n2-c1ccccc1. The molecule has 0 bridgehead atoms. The van der Waals surface area contributed by atoms with E-state index in [1.54, 1.807) is 36.4 Å².